The highest BCUT2D eigenvalue weighted by molar-refractivity contribution is 6.42. The fourth-order valence-electron chi connectivity index (χ4n) is 2.72. The molecule has 1 heterocycles. The highest BCUT2D eigenvalue weighted by atomic mass is 35.5. The van der Waals surface area contributed by atoms with Crippen LogP contribution in [-0.4, -0.2) is 15.7 Å². The van der Waals surface area contributed by atoms with Crippen LogP contribution in [-0.2, 0) is 19.4 Å². The number of alkyl halides is 3. The standard InChI is InChI=1S/C18H15Cl2F3N2/c1-2-11-3-5-12(6-4-11)10-25-16-8-14(20)13(19)7-15(16)24-17(25)9-18(21,22)23/h3-8H,2,9-10H2,1H3. The molecule has 0 saturated heterocycles. The van der Waals surface area contributed by atoms with E-state index in [0.29, 0.717) is 11.0 Å². The molecule has 0 amide bonds. The second-order valence-corrected chi connectivity index (χ2v) is 6.65. The fourth-order valence-corrected chi connectivity index (χ4v) is 3.04. The first-order chi connectivity index (χ1) is 11.8. The van der Waals surface area contributed by atoms with Crippen molar-refractivity contribution in [1.82, 2.24) is 9.55 Å². The van der Waals surface area contributed by atoms with E-state index < -0.39 is 12.6 Å². The minimum atomic E-state index is -4.35. The lowest BCUT2D eigenvalue weighted by Gasteiger charge is -2.12. The molecule has 0 radical (unpaired) electrons. The lowest BCUT2D eigenvalue weighted by molar-refractivity contribution is -0.128. The molecule has 0 aliphatic heterocycles. The number of nitrogens with zero attached hydrogens (tertiary/aromatic N) is 2. The maximum atomic E-state index is 12.9. The SMILES string of the molecule is CCc1ccc(Cn2c(CC(F)(F)F)nc3cc(Cl)c(Cl)cc32)cc1. The normalized spacial score (nSPS) is 12.1. The summed E-state index contributed by atoms with van der Waals surface area (Å²) >= 11 is 12.0. The van der Waals surface area contributed by atoms with E-state index in [1.165, 1.54) is 11.6 Å². The minimum Gasteiger partial charge on any atom is -0.323 e. The predicted molar refractivity (Wildman–Crippen MR) is 94.4 cm³/mol. The molecule has 2 aromatic carbocycles. The van der Waals surface area contributed by atoms with Crippen molar-refractivity contribution in [2.75, 3.05) is 0 Å². The van der Waals surface area contributed by atoms with Crippen LogP contribution < -0.4 is 0 Å². The summed E-state index contributed by atoms with van der Waals surface area (Å²) in [6, 6.07) is 10.8. The Balaban J connectivity index is 2.08. The molecule has 0 unspecified atom stereocenters. The molecule has 0 bridgehead atoms. The smallest absolute Gasteiger partial charge is 0.323 e. The zero-order valence-corrected chi connectivity index (χ0v) is 14.9. The van der Waals surface area contributed by atoms with Crippen LogP contribution in [0.1, 0.15) is 23.9 Å². The number of rotatable bonds is 4. The van der Waals surface area contributed by atoms with Crippen LogP contribution in [0.2, 0.25) is 10.0 Å². The van der Waals surface area contributed by atoms with Crippen LogP contribution in [0.15, 0.2) is 36.4 Å². The number of benzene rings is 2. The Morgan fingerprint density at radius 1 is 1.00 bits per heavy atom. The molecule has 132 valence electrons. The van der Waals surface area contributed by atoms with Crippen LogP contribution in [0, 0.1) is 0 Å². The molecule has 0 aliphatic rings. The van der Waals surface area contributed by atoms with Gasteiger partial charge in [0.05, 0.1) is 21.1 Å². The molecule has 25 heavy (non-hydrogen) atoms. The van der Waals surface area contributed by atoms with Crippen LogP contribution >= 0.6 is 23.2 Å². The molecule has 0 atom stereocenters. The zero-order valence-electron chi connectivity index (χ0n) is 13.4. The molecule has 0 spiro atoms. The van der Waals surface area contributed by atoms with E-state index in [9.17, 15) is 13.2 Å². The van der Waals surface area contributed by atoms with E-state index in [-0.39, 0.29) is 22.4 Å². The first kappa shape index (κ1) is 18.1. The first-order valence-electron chi connectivity index (χ1n) is 7.75. The molecule has 0 saturated carbocycles. The van der Waals surface area contributed by atoms with Crippen molar-refractivity contribution >= 4 is 34.2 Å². The third-order valence-electron chi connectivity index (χ3n) is 4.00. The van der Waals surface area contributed by atoms with Crippen molar-refractivity contribution < 1.29 is 13.2 Å². The Labute approximate surface area is 153 Å². The van der Waals surface area contributed by atoms with Gasteiger partial charge in [-0.3, -0.25) is 0 Å². The van der Waals surface area contributed by atoms with Crippen molar-refractivity contribution in [2.45, 2.75) is 32.5 Å². The topological polar surface area (TPSA) is 17.8 Å². The van der Waals surface area contributed by atoms with Gasteiger partial charge >= 0.3 is 6.18 Å². The van der Waals surface area contributed by atoms with Gasteiger partial charge in [0.25, 0.3) is 0 Å². The van der Waals surface area contributed by atoms with Gasteiger partial charge in [0.15, 0.2) is 0 Å². The average molecular weight is 387 g/mol. The highest BCUT2D eigenvalue weighted by Gasteiger charge is 2.31. The Morgan fingerprint density at radius 2 is 1.60 bits per heavy atom. The third kappa shape index (κ3) is 4.10. The summed E-state index contributed by atoms with van der Waals surface area (Å²) < 4.78 is 40.4. The van der Waals surface area contributed by atoms with Crippen molar-refractivity contribution in [3.8, 4) is 0 Å². The number of hydrogen-bond donors (Lipinski definition) is 0. The maximum Gasteiger partial charge on any atom is 0.396 e. The number of aromatic nitrogens is 2. The highest BCUT2D eigenvalue weighted by Crippen LogP contribution is 2.31. The monoisotopic (exact) mass is 386 g/mol. The summed E-state index contributed by atoms with van der Waals surface area (Å²) in [6.45, 7) is 2.33. The minimum absolute atomic E-state index is 0.0552. The summed E-state index contributed by atoms with van der Waals surface area (Å²) in [5, 5.41) is 0.555. The van der Waals surface area contributed by atoms with E-state index in [0.717, 1.165) is 12.0 Å². The molecule has 0 N–H and O–H groups in total. The Bertz CT molecular complexity index is 899. The number of imidazole rings is 1. The molecule has 1 aromatic heterocycles. The number of fused-ring (bicyclic) bond motifs is 1. The summed E-state index contributed by atoms with van der Waals surface area (Å²) in [5.74, 6) is -0.0552. The quantitative estimate of drug-likeness (QED) is 0.532. The molecule has 7 heteroatoms. The van der Waals surface area contributed by atoms with Gasteiger partial charge in [-0.1, -0.05) is 54.4 Å². The van der Waals surface area contributed by atoms with Crippen LogP contribution in [0.5, 0.6) is 0 Å². The number of hydrogen-bond acceptors (Lipinski definition) is 1. The summed E-state index contributed by atoms with van der Waals surface area (Å²) in [5.41, 5.74) is 3.00. The molecule has 3 rings (SSSR count). The van der Waals surface area contributed by atoms with Gasteiger partial charge in [-0.05, 0) is 29.7 Å². The molecular formula is C18H15Cl2F3N2. The molecular weight excluding hydrogens is 372 g/mol. The van der Waals surface area contributed by atoms with Gasteiger partial charge in [-0.25, -0.2) is 4.98 Å². The van der Waals surface area contributed by atoms with E-state index in [2.05, 4.69) is 4.98 Å². The van der Waals surface area contributed by atoms with Crippen LogP contribution in [0.4, 0.5) is 13.2 Å². The van der Waals surface area contributed by atoms with Crippen molar-refractivity contribution in [1.29, 1.82) is 0 Å². The zero-order chi connectivity index (χ0) is 18.2. The predicted octanol–water partition coefficient (Wildman–Crippen LogP) is 6.06. The van der Waals surface area contributed by atoms with Crippen LogP contribution in [0.25, 0.3) is 11.0 Å². The second-order valence-electron chi connectivity index (χ2n) is 5.83. The largest absolute Gasteiger partial charge is 0.396 e. The van der Waals surface area contributed by atoms with Gasteiger partial charge in [0.1, 0.15) is 12.2 Å². The lowest BCUT2D eigenvalue weighted by Crippen LogP contribution is -2.16. The van der Waals surface area contributed by atoms with Gasteiger partial charge in [-0.15, -0.1) is 0 Å². The molecule has 2 nitrogen and oxygen atoms in total. The fraction of sp³-hybridized carbons (Fsp3) is 0.278. The van der Waals surface area contributed by atoms with Gasteiger partial charge in [0, 0.05) is 6.54 Å². The summed E-state index contributed by atoms with van der Waals surface area (Å²) in [7, 11) is 0. The van der Waals surface area contributed by atoms with E-state index in [4.69, 9.17) is 23.2 Å². The van der Waals surface area contributed by atoms with Gasteiger partial charge < -0.3 is 4.57 Å². The van der Waals surface area contributed by atoms with Gasteiger partial charge in [0.2, 0.25) is 0 Å². The van der Waals surface area contributed by atoms with Crippen molar-refractivity contribution in [3.05, 3.63) is 63.4 Å². The number of aryl methyl sites for hydroxylation is 1. The molecule has 0 aliphatic carbocycles. The molecule has 0 fully saturated rings. The van der Waals surface area contributed by atoms with E-state index in [1.807, 2.05) is 31.2 Å². The van der Waals surface area contributed by atoms with E-state index in [1.54, 1.807) is 10.6 Å². The number of halogens is 5. The van der Waals surface area contributed by atoms with Crippen LogP contribution in [0.3, 0.4) is 0 Å². The van der Waals surface area contributed by atoms with Crippen molar-refractivity contribution in [3.63, 3.8) is 0 Å². The summed E-state index contributed by atoms with van der Waals surface area (Å²) in [6.07, 6.45) is -4.55. The van der Waals surface area contributed by atoms with Gasteiger partial charge in [-0.2, -0.15) is 13.2 Å². The Hall–Kier alpha value is -1.72. The van der Waals surface area contributed by atoms with E-state index >= 15 is 0 Å². The Morgan fingerprint density at radius 3 is 2.20 bits per heavy atom. The average Bonchev–Trinajstić information content (AvgIpc) is 2.83. The first-order valence-corrected chi connectivity index (χ1v) is 8.51. The lowest BCUT2D eigenvalue weighted by atomic mass is 10.1. The summed E-state index contributed by atoms with van der Waals surface area (Å²) in [4.78, 5) is 4.13. The van der Waals surface area contributed by atoms with Crippen molar-refractivity contribution in [2.24, 2.45) is 0 Å². The second kappa shape index (κ2) is 6.89. The Kier molecular flexibility index (Phi) is 4.98. The maximum absolute atomic E-state index is 12.9. The molecule has 3 aromatic rings. The third-order valence-corrected chi connectivity index (χ3v) is 4.72.